The Labute approximate surface area is 163 Å². The molecule has 1 atom stereocenters. The molecule has 0 radical (unpaired) electrons. The van der Waals surface area contributed by atoms with Crippen molar-refractivity contribution in [2.75, 3.05) is 11.9 Å². The van der Waals surface area contributed by atoms with Gasteiger partial charge in [-0.1, -0.05) is 41.1 Å². The van der Waals surface area contributed by atoms with Crippen LogP contribution in [0.4, 0.5) is 5.69 Å². The number of hydrogen-bond acceptors (Lipinski definition) is 3. The molecule has 0 saturated carbocycles. The molecule has 0 heterocycles. The summed E-state index contributed by atoms with van der Waals surface area (Å²) < 4.78 is 28.8. The molecule has 0 fully saturated rings. The topological polar surface area (TPSA) is 66.5 Å². The molecule has 2 aromatic rings. The predicted octanol–water partition coefficient (Wildman–Crippen LogP) is 4.57. The summed E-state index contributed by atoms with van der Waals surface area (Å²) in [6, 6.07) is 13.6. The minimum absolute atomic E-state index is 0.198. The van der Waals surface area contributed by atoms with Gasteiger partial charge in [-0.05, 0) is 49.2 Å². The highest BCUT2D eigenvalue weighted by molar-refractivity contribution is 9.10. The lowest BCUT2D eigenvalue weighted by Gasteiger charge is -2.29. The molecule has 0 spiro atoms. The van der Waals surface area contributed by atoms with Crippen molar-refractivity contribution in [2.45, 2.75) is 38.1 Å². The SMILES string of the molecule is CCCN(C(C)c1ccccc1Br)S(=O)(=O)c1ccc(NC(C)=O)cc1. The minimum atomic E-state index is -3.67. The molecule has 1 amide bonds. The van der Waals surface area contributed by atoms with Gasteiger partial charge in [0.25, 0.3) is 0 Å². The smallest absolute Gasteiger partial charge is 0.243 e. The van der Waals surface area contributed by atoms with Crippen LogP contribution in [0.5, 0.6) is 0 Å². The average molecular weight is 439 g/mol. The van der Waals surface area contributed by atoms with Gasteiger partial charge in [0.15, 0.2) is 0 Å². The molecular formula is C19H23BrN2O3S. The van der Waals surface area contributed by atoms with E-state index in [1.807, 2.05) is 38.1 Å². The lowest BCUT2D eigenvalue weighted by molar-refractivity contribution is -0.114. The van der Waals surface area contributed by atoms with Crippen molar-refractivity contribution in [2.24, 2.45) is 0 Å². The lowest BCUT2D eigenvalue weighted by Crippen LogP contribution is -2.34. The highest BCUT2D eigenvalue weighted by Gasteiger charge is 2.30. The molecule has 0 aliphatic rings. The Hall–Kier alpha value is -1.70. The van der Waals surface area contributed by atoms with Crippen LogP contribution in [-0.4, -0.2) is 25.2 Å². The average Bonchev–Trinajstić information content (AvgIpc) is 2.59. The Morgan fingerprint density at radius 1 is 1.15 bits per heavy atom. The zero-order valence-electron chi connectivity index (χ0n) is 15.1. The van der Waals surface area contributed by atoms with Crippen molar-refractivity contribution in [3.63, 3.8) is 0 Å². The van der Waals surface area contributed by atoms with E-state index in [2.05, 4.69) is 21.2 Å². The van der Waals surface area contributed by atoms with Gasteiger partial charge in [-0.3, -0.25) is 4.79 Å². The lowest BCUT2D eigenvalue weighted by atomic mass is 10.1. The van der Waals surface area contributed by atoms with E-state index in [9.17, 15) is 13.2 Å². The number of carbonyl (C=O) groups is 1. The van der Waals surface area contributed by atoms with Crippen LogP contribution in [0.15, 0.2) is 57.9 Å². The van der Waals surface area contributed by atoms with E-state index in [4.69, 9.17) is 0 Å². The first-order valence-corrected chi connectivity index (χ1v) is 10.6. The largest absolute Gasteiger partial charge is 0.326 e. The minimum Gasteiger partial charge on any atom is -0.326 e. The zero-order valence-corrected chi connectivity index (χ0v) is 17.5. The van der Waals surface area contributed by atoms with Gasteiger partial charge in [0.2, 0.25) is 15.9 Å². The zero-order chi connectivity index (χ0) is 19.3. The second-order valence-corrected chi connectivity index (χ2v) is 8.76. The summed E-state index contributed by atoms with van der Waals surface area (Å²) >= 11 is 3.51. The molecular weight excluding hydrogens is 416 g/mol. The number of amides is 1. The standard InChI is InChI=1S/C19H23BrN2O3S/c1-4-13-22(14(2)18-7-5-6-8-19(18)20)26(24,25)17-11-9-16(10-12-17)21-15(3)23/h5-12,14H,4,13H2,1-3H3,(H,21,23). The van der Waals surface area contributed by atoms with Gasteiger partial charge >= 0.3 is 0 Å². The van der Waals surface area contributed by atoms with Crippen LogP contribution in [0.1, 0.15) is 38.8 Å². The maximum absolute atomic E-state index is 13.2. The number of nitrogens with one attached hydrogen (secondary N) is 1. The van der Waals surface area contributed by atoms with Gasteiger partial charge in [0, 0.05) is 29.7 Å². The van der Waals surface area contributed by atoms with Crippen molar-refractivity contribution < 1.29 is 13.2 Å². The molecule has 7 heteroatoms. The molecule has 0 aliphatic carbocycles. The number of anilines is 1. The molecule has 2 aromatic carbocycles. The van der Waals surface area contributed by atoms with E-state index in [0.717, 1.165) is 10.0 Å². The number of benzene rings is 2. The Morgan fingerprint density at radius 2 is 1.77 bits per heavy atom. The van der Waals surface area contributed by atoms with Crippen molar-refractivity contribution in [3.8, 4) is 0 Å². The fraction of sp³-hybridized carbons (Fsp3) is 0.316. The Kier molecular flexibility index (Phi) is 6.97. The molecule has 0 aromatic heterocycles. The number of rotatable bonds is 7. The Bertz CT molecular complexity index is 867. The van der Waals surface area contributed by atoms with Gasteiger partial charge in [-0.25, -0.2) is 8.42 Å². The second-order valence-electron chi connectivity index (χ2n) is 6.02. The molecule has 140 valence electrons. The van der Waals surface area contributed by atoms with E-state index in [1.165, 1.54) is 23.4 Å². The van der Waals surface area contributed by atoms with E-state index in [-0.39, 0.29) is 16.8 Å². The first-order valence-electron chi connectivity index (χ1n) is 8.41. The summed E-state index contributed by atoms with van der Waals surface area (Å²) in [6.45, 7) is 5.67. The van der Waals surface area contributed by atoms with Crippen molar-refractivity contribution in [3.05, 3.63) is 58.6 Å². The van der Waals surface area contributed by atoms with E-state index >= 15 is 0 Å². The summed E-state index contributed by atoms with van der Waals surface area (Å²) in [4.78, 5) is 11.3. The molecule has 1 N–H and O–H groups in total. The summed E-state index contributed by atoms with van der Waals surface area (Å²) in [6.07, 6.45) is 0.706. The fourth-order valence-electron chi connectivity index (χ4n) is 2.76. The first kappa shape index (κ1) is 20.6. The summed E-state index contributed by atoms with van der Waals surface area (Å²) in [5.41, 5.74) is 1.48. The monoisotopic (exact) mass is 438 g/mol. The molecule has 2 rings (SSSR count). The van der Waals surface area contributed by atoms with Crippen molar-refractivity contribution in [1.29, 1.82) is 0 Å². The van der Waals surface area contributed by atoms with Crippen LogP contribution < -0.4 is 5.32 Å². The van der Waals surface area contributed by atoms with Crippen LogP contribution in [0.2, 0.25) is 0 Å². The summed E-state index contributed by atoms with van der Waals surface area (Å²) in [5.74, 6) is -0.198. The van der Waals surface area contributed by atoms with Crippen LogP contribution >= 0.6 is 15.9 Å². The molecule has 0 aliphatic heterocycles. The Morgan fingerprint density at radius 3 is 2.31 bits per heavy atom. The van der Waals surface area contributed by atoms with E-state index in [1.54, 1.807) is 12.1 Å². The highest BCUT2D eigenvalue weighted by atomic mass is 79.9. The number of sulfonamides is 1. The van der Waals surface area contributed by atoms with Gasteiger partial charge in [0.05, 0.1) is 4.90 Å². The fourth-order valence-corrected chi connectivity index (χ4v) is 5.08. The third-order valence-corrected chi connectivity index (χ3v) is 6.72. The third-order valence-electron chi connectivity index (χ3n) is 4.01. The maximum Gasteiger partial charge on any atom is 0.243 e. The van der Waals surface area contributed by atoms with Gasteiger partial charge < -0.3 is 5.32 Å². The van der Waals surface area contributed by atoms with Crippen LogP contribution in [-0.2, 0) is 14.8 Å². The molecule has 0 bridgehead atoms. The first-order chi connectivity index (χ1) is 12.3. The van der Waals surface area contributed by atoms with E-state index in [0.29, 0.717) is 18.7 Å². The Balaban J connectivity index is 2.38. The molecule has 0 saturated heterocycles. The number of hydrogen-bond donors (Lipinski definition) is 1. The van der Waals surface area contributed by atoms with Crippen LogP contribution in [0, 0.1) is 0 Å². The normalized spacial score (nSPS) is 12.8. The maximum atomic E-state index is 13.2. The summed E-state index contributed by atoms with van der Waals surface area (Å²) in [7, 11) is -3.67. The summed E-state index contributed by atoms with van der Waals surface area (Å²) in [5, 5.41) is 2.64. The molecule has 5 nitrogen and oxygen atoms in total. The van der Waals surface area contributed by atoms with E-state index < -0.39 is 10.0 Å². The number of carbonyl (C=O) groups excluding carboxylic acids is 1. The van der Waals surface area contributed by atoms with Gasteiger partial charge in [0.1, 0.15) is 0 Å². The van der Waals surface area contributed by atoms with Crippen molar-refractivity contribution >= 4 is 37.5 Å². The third kappa shape index (κ3) is 4.72. The molecule has 1 unspecified atom stereocenters. The number of halogens is 1. The van der Waals surface area contributed by atoms with Crippen LogP contribution in [0.3, 0.4) is 0 Å². The second kappa shape index (κ2) is 8.79. The highest BCUT2D eigenvalue weighted by Crippen LogP contribution is 2.32. The number of nitrogens with zero attached hydrogens (tertiary/aromatic N) is 1. The predicted molar refractivity (Wildman–Crippen MR) is 107 cm³/mol. The van der Waals surface area contributed by atoms with Gasteiger partial charge in [-0.15, -0.1) is 0 Å². The quantitative estimate of drug-likeness (QED) is 0.688. The van der Waals surface area contributed by atoms with Crippen molar-refractivity contribution in [1.82, 2.24) is 4.31 Å². The van der Waals surface area contributed by atoms with Crippen LogP contribution in [0.25, 0.3) is 0 Å². The molecule has 26 heavy (non-hydrogen) atoms. The van der Waals surface area contributed by atoms with Gasteiger partial charge in [-0.2, -0.15) is 4.31 Å².